The average Bonchev–Trinajstić information content (AvgIpc) is 3.06. The van der Waals surface area contributed by atoms with Gasteiger partial charge in [-0.15, -0.1) is 0 Å². The summed E-state index contributed by atoms with van der Waals surface area (Å²) in [6.45, 7) is 0. The Hall–Kier alpha value is -2.34. The summed E-state index contributed by atoms with van der Waals surface area (Å²) in [6.07, 6.45) is 1.52. The molecule has 126 valence electrons. The molecule has 0 fully saturated rings. The summed E-state index contributed by atoms with van der Waals surface area (Å²) in [5.74, 6) is -0.422. The van der Waals surface area contributed by atoms with Gasteiger partial charge in [0.1, 0.15) is 5.69 Å². The maximum atomic E-state index is 12.1. The number of carbonyl (C=O) groups excluding carboxylic acids is 1. The minimum Gasteiger partial charge on any atom is -0.272 e. The van der Waals surface area contributed by atoms with Gasteiger partial charge in [0.05, 0.1) is 16.9 Å². The fourth-order valence-electron chi connectivity index (χ4n) is 2.05. The van der Waals surface area contributed by atoms with Gasteiger partial charge in [-0.05, 0) is 42.0 Å². The van der Waals surface area contributed by atoms with Gasteiger partial charge in [-0.1, -0.05) is 46.9 Å². The van der Waals surface area contributed by atoms with Gasteiger partial charge in [0.15, 0.2) is 0 Å². The first kappa shape index (κ1) is 17.5. The molecule has 0 spiro atoms. The van der Waals surface area contributed by atoms with E-state index in [1.54, 1.807) is 48.5 Å². The Kier molecular flexibility index (Phi) is 5.38. The lowest BCUT2D eigenvalue weighted by Crippen LogP contribution is -2.17. The number of hydrazone groups is 1. The molecule has 2 N–H and O–H groups in total. The number of aromatic nitrogens is 2. The predicted octanol–water partition coefficient (Wildman–Crippen LogP) is 4.80. The Morgan fingerprint density at radius 3 is 2.48 bits per heavy atom. The molecule has 0 unspecified atom stereocenters. The summed E-state index contributed by atoms with van der Waals surface area (Å²) in [7, 11) is 0. The lowest BCUT2D eigenvalue weighted by molar-refractivity contribution is 0.0950. The molecule has 3 aromatic rings. The van der Waals surface area contributed by atoms with Gasteiger partial charge in [0, 0.05) is 15.6 Å². The second kappa shape index (κ2) is 7.70. The van der Waals surface area contributed by atoms with Crippen molar-refractivity contribution in [1.29, 1.82) is 0 Å². The zero-order valence-corrected chi connectivity index (χ0v) is 14.9. The summed E-state index contributed by atoms with van der Waals surface area (Å²) in [6, 6.07) is 13.7. The molecule has 1 amide bonds. The molecule has 2 aromatic carbocycles. The van der Waals surface area contributed by atoms with E-state index < -0.39 is 5.91 Å². The number of hydrogen-bond donors (Lipinski definition) is 2. The molecule has 1 heterocycles. The highest BCUT2D eigenvalue weighted by atomic mass is 35.5. The Bertz CT molecular complexity index is 935. The van der Waals surface area contributed by atoms with E-state index in [2.05, 4.69) is 20.7 Å². The third-order valence-electron chi connectivity index (χ3n) is 3.28. The predicted molar refractivity (Wildman–Crippen MR) is 101 cm³/mol. The molecule has 0 bridgehead atoms. The molecular weight excluding hydrogens is 383 g/mol. The van der Waals surface area contributed by atoms with Gasteiger partial charge < -0.3 is 0 Å². The fraction of sp³-hybridized carbons (Fsp3) is 0. The van der Waals surface area contributed by atoms with Crippen LogP contribution in [0.2, 0.25) is 15.1 Å². The van der Waals surface area contributed by atoms with Crippen molar-refractivity contribution in [2.45, 2.75) is 0 Å². The quantitative estimate of drug-likeness (QED) is 0.494. The number of carbonyl (C=O) groups is 1. The van der Waals surface area contributed by atoms with Crippen LogP contribution in [0.25, 0.3) is 11.3 Å². The molecule has 0 atom stereocenters. The Morgan fingerprint density at radius 2 is 1.76 bits per heavy atom. The van der Waals surface area contributed by atoms with E-state index in [4.69, 9.17) is 34.8 Å². The molecule has 8 heteroatoms. The lowest BCUT2D eigenvalue weighted by atomic mass is 10.1. The van der Waals surface area contributed by atoms with Crippen LogP contribution < -0.4 is 5.43 Å². The van der Waals surface area contributed by atoms with E-state index in [1.807, 2.05) is 0 Å². The smallest absolute Gasteiger partial charge is 0.272 e. The van der Waals surface area contributed by atoms with Crippen LogP contribution in [0.1, 0.15) is 16.1 Å². The number of rotatable bonds is 4. The zero-order chi connectivity index (χ0) is 17.8. The molecule has 5 nitrogen and oxygen atoms in total. The standard InChI is InChI=1S/C17H11Cl3N4O/c18-11-3-1-10(2-4-11)9-21-24-17(25)16-8-15(22-23-16)13-6-5-12(19)7-14(13)20/h1-9H,(H,22,23)(H,24,25). The Labute approximate surface area is 158 Å². The zero-order valence-electron chi connectivity index (χ0n) is 12.6. The van der Waals surface area contributed by atoms with Crippen molar-refractivity contribution in [3.63, 3.8) is 0 Å². The van der Waals surface area contributed by atoms with Crippen LogP contribution in [0, 0.1) is 0 Å². The largest absolute Gasteiger partial charge is 0.289 e. The van der Waals surface area contributed by atoms with Crippen molar-refractivity contribution in [3.05, 3.63) is 74.9 Å². The number of H-pyrrole nitrogens is 1. The van der Waals surface area contributed by atoms with Gasteiger partial charge in [-0.25, -0.2) is 5.43 Å². The monoisotopic (exact) mass is 392 g/mol. The van der Waals surface area contributed by atoms with E-state index in [0.717, 1.165) is 5.56 Å². The Morgan fingerprint density at radius 1 is 1.04 bits per heavy atom. The summed E-state index contributed by atoms with van der Waals surface area (Å²) in [5, 5.41) is 12.3. The van der Waals surface area contributed by atoms with Crippen molar-refractivity contribution in [2.24, 2.45) is 5.10 Å². The third kappa shape index (κ3) is 4.39. The SMILES string of the molecule is O=C(NN=Cc1ccc(Cl)cc1)c1cc(-c2ccc(Cl)cc2Cl)n[nH]1. The first-order chi connectivity index (χ1) is 12.0. The second-order valence-corrected chi connectivity index (χ2v) is 6.32. The summed E-state index contributed by atoms with van der Waals surface area (Å²) in [4.78, 5) is 12.1. The van der Waals surface area contributed by atoms with Crippen LogP contribution in [-0.2, 0) is 0 Å². The molecule has 0 aliphatic heterocycles. The molecule has 1 aromatic heterocycles. The molecule has 25 heavy (non-hydrogen) atoms. The van der Waals surface area contributed by atoms with E-state index in [9.17, 15) is 4.79 Å². The van der Waals surface area contributed by atoms with Crippen LogP contribution in [0.15, 0.2) is 53.6 Å². The number of hydrogen-bond acceptors (Lipinski definition) is 3. The van der Waals surface area contributed by atoms with E-state index in [1.165, 1.54) is 6.21 Å². The number of nitrogens with one attached hydrogen (secondary N) is 2. The average molecular weight is 394 g/mol. The highest BCUT2D eigenvalue weighted by Gasteiger charge is 2.12. The van der Waals surface area contributed by atoms with Gasteiger partial charge in [-0.2, -0.15) is 10.2 Å². The van der Waals surface area contributed by atoms with Crippen LogP contribution in [-0.4, -0.2) is 22.3 Å². The third-order valence-corrected chi connectivity index (χ3v) is 4.08. The van der Waals surface area contributed by atoms with Crippen molar-refractivity contribution in [2.75, 3.05) is 0 Å². The minimum atomic E-state index is -0.422. The van der Waals surface area contributed by atoms with Crippen molar-refractivity contribution >= 4 is 46.9 Å². The molecule has 3 rings (SSSR count). The number of benzene rings is 2. The molecule has 0 radical (unpaired) electrons. The maximum absolute atomic E-state index is 12.1. The fourth-order valence-corrected chi connectivity index (χ4v) is 2.68. The molecule has 0 aliphatic rings. The van der Waals surface area contributed by atoms with E-state index >= 15 is 0 Å². The lowest BCUT2D eigenvalue weighted by Gasteiger charge is -2.00. The minimum absolute atomic E-state index is 0.259. The first-order valence-electron chi connectivity index (χ1n) is 7.13. The maximum Gasteiger partial charge on any atom is 0.289 e. The number of halogens is 3. The van der Waals surface area contributed by atoms with Crippen molar-refractivity contribution < 1.29 is 4.79 Å². The van der Waals surface area contributed by atoms with Crippen LogP contribution in [0.3, 0.4) is 0 Å². The van der Waals surface area contributed by atoms with Crippen molar-refractivity contribution in [3.8, 4) is 11.3 Å². The van der Waals surface area contributed by atoms with Crippen molar-refractivity contribution in [1.82, 2.24) is 15.6 Å². The van der Waals surface area contributed by atoms with Gasteiger partial charge in [0.25, 0.3) is 5.91 Å². The Balaban J connectivity index is 1.69. The highest BCUT2D eigenvalue weighted by molar-refractivity contribution is 6.36. The number of nitrogens with zero attached hydrogens (tertiary/aromatic N) is 2. The number of aromatic amines is 1. The number of amides is 1. The van der Waals surface area contributed by atoms with Crippen LogP contribution in [0.5, 0.6) is 0 Å². The second-order valence-electron chi connectivity index (χ2n) is 5.04. The highest BCUT2D eigenvalue weighted by Crippen LogP contribution is 2.29. The summed E-state index contributed by atoms with van der Waals surface area (Å²) >= 11 is 17.8. The van der Waals surface area contributed by atoms with E-state index in [0.29, 0.717) is 26.3 Å². The van der Waals surface area contributed by atoms with Crippen LogP contribution >= 0.6 is 34.8 Å². The van der Waals surface area contributed by atoms with Gasteiger partial charge in [-0.3, -0.25) is 9.89 Å². The topological polar surface area (TPSA) is 70.1 Å². The molecule has 0 saturated heterocycles. The normalized spacial score (nSPS) is 11.0. The molecular formula is C17H11Cl3N4O. The summed E-state index contributed by atoms with van der Waals surface area (Å²) < 4.78 is 0. The molecule has 0 aliphatic carbocycles. The van der Waals surface area contributed by atoms with Gasteiger partial charge >= 0.3 is 0 Å². The van der Waals surface area contributed by atoms with Gasteiger partial charge in [0.2, 0.25) is 0 Å². The van der Waals surface area contributed by atoms with Crippen LogP contribution in [0.4, 0.5) is 0 Å². The first-order valence-corrected chi connectivity index (χ1v) is 8.26. The van der Waals surface area contributed by atoms with E-state index in [-0.39, 0.29) is 5.69 Å². The summed E-state index contributed by atoms with van der Waals surface area (Å²) in [5.41, 5.74) is 4.70. The molecule has 0 saturated carbocycles.